The molecule has 0 aromatic carbocycles. The maximum atomic E-state index is 12.9. The first kappa shape index (κ1) is 26.6. The minimum atomic E-state index is -1.27. The number of rotatable bonds is 14. The van der Waals surface area contributed by atoms with Gasteiger partial charge in [0.2, 0.25) is 17.7 Å². The zero-order valence-corrected chi connectivity index (χ0v) is 18.0. The summed E-state index contributed by atoms with van der Waals surface area (Å²) in [6.45, 7) is 2.96. The Bertz CT molecular complexity index is 798. The SMILES string of the molecule is CCC(C)C(N)C(=O)NC(CCC(=O)O)C(=O)NC(Cc1cnc[nH]1)C(=O)NCC(=O)O. The molecule has 0 saturated heterocycles. The van der Waals surface area contributed by atoms with E-state index in [1.807, 2.05) is 6.92 Å². The third kappa shape index (κ3) is 9.12. The van der Waals surface area contributed by atoms with Gasteiger partial charge in [-0.2, -0.15) is 0 Å². The van der Waals surface area contributed by atoms with Crippen LogP contribution in [0.1, 0.15) is 38.8 Å². The number of hydrogen-bond donors (Lipinski definition) is 7. The first-order valence-corrected chi connectivity index (χ1v) is 10.1. The van der Waals surface area contributed by atoms with Crippen LogP contribution in [0.2, 0.25) is 0 Å². The quantitative estimate of drug-likeness (QED) is 0.171. The van der Waals surface area contributed by atoms with Crippen molar-refractivity contribution in [1.29, 1.82) is 0 Å². The molecule has 32 heavy (non-hydrogen) atoms. The summed E-state index contributed by atoms with van der Waals surface area (Å²) < 4.78 is 0. The number of carbonyl (C=O) groups is 5. The number of hydrogen-bond acceptors (Lipinski definition) is 7. The largest absolute Gasteiger partial charge is 0.481 e. The Morgan fingerprint density at radius 1 is 1.06 bits per heavy atom. The van der Waals surface area contributed by atoms with Crippen LogP contribution in [0, 0.1) is 5.92 Å². The lowest BCUT2D eigenvalue weighted by molar-refractivity contribution is -0.138. The number of carboxylic acids is 2. The number of aliphatic carboxylic acids is 2. The van der Waals surface area contributed by atoms with Crippen LogP contribution in [0.5, 0.6) is 0 Å². The highest BCUT2D eigenvalue weighted by atomic mass is 16.4. The van der Waals surface area contributed by atoms with Crippen molar-refractivity contribution in [2.45, 2.75) is 57.7 Å². The minimum Gasteiger partial charge on any atom is -0.481 e. The van der Waals surface area contributed by atoms with Gasteiger partial charge in [-0.3, -0.25) is 24.0 Å². The van der Waals surface area contributed by atoms with Gasteiger partial charge in [0.15, 0.2) is 0 Å². The fourth-order valence-corrected chi connectivity index (χ4v) is 2.70. The molecular formula is C19H30N6O7. The molecule has 178 valence electrons. The highest BCUT2D eigenvalue weighted by Gasteiger charge is 2.30. The summed E-state index contributed by atoms with van der Waals surface area (Å²) >= 11 is 0. The van der Waals surface area contributed by atoms with Crippen molar-refractivity contribution in [1.82, 2.24) is 25.9 Å². The number of amides is 3. The van der Waals surface area contributed by atoms with Gasteiger partial charge in [-0.15, -0.1) is 0 Å². The summed E-state index contributed by atoms with van der Waals surface area (Å²) in [4.78, 5) is 66.1. The topological polar surface area (TPSA) is 217 Å². The van der Waals surface area contributed by atoms with Gasteiger partial charge in [0, 0.05) is 24.7 Å². The summed E-state index contributed by atoms with van der Waals surface area (Å²) in [5.74, 6) is -4.80. The Labute approximate surface area is 184 Å². The van der Waals surface area contributed by atoms with E-state index >= 15 is 0 Å². The molecule has 1 heterocycles. The Hall–Kier alpha value is -3.48. The average molecular weight is 454 g/mol. The predicted molar refractivity (Wildman–Crippen MR) is 111 cm³/mol. The molecular weight excluding hydrogens is 424 g/mol. The fourth-order valence-electron chi connectivity index (χ4n) is 2.70. The number of imidazole rings is 1. The lowest BCUT2D eigenvalue weighted by Gasteiger charge is -2.25. The smallest absolute Gasteiger partial charge is 0.322 e. The summed E-state index contributed by atoms with van der Waals surface area (Å²) in [5.41, 5.74) is 6.38. The number of H-pyrrole nitrogens is 1. The molecule has 8 N–H and O–H groups in total. The monoisotopic (exact) mass is 454 g/mol. The molecule has 0 bridgehead atoms. The normalized spacial score (nSPS) is 14.5. The fraction of sp³-hybridized carbons (Fsp3) is 0.579. The van der Waals surface area contributed by atoms with Crippen molar-refractivity contribution in [3.63, 3.8) is 0 Å². The third-order valence-electron chi connectivity index (χ3n) is 4.87. The molecule has 0 aliphatic heterocycles. The summed E-state index contributed by atoms with van der Waals surface area (Å²) in [6.07, 6.45) is 2.74. The first-order chi connectivity index (χ1) is 15.0. The zero-order chi connectivity index (χ0) is 24.3. The molecule has 0 radical (unpaired) electrons. The Balaban J connectivity index is 2.98. The van der Waals surface area contributed by atoms with Crippen molar-refractivity contribution in [2.24, 2.45) is 11.7 Å². The second-order valence-corrected chi connectivity index (χ2v) is 7.36. The van der Waals surface area contributed by atoms with Gasteiger partial charge in [0.05, 0.1) is 12.4 Å². The second-order valence-electron chi connectivity index (χ2n) is 7.36. The molecule has 13 heteroatoms. The van der Waals surface area contributed by atoms with E-state index in [4.69, 9.17) is 15.9 Å². The Morgan fingerprint density at radius 2 is 1.72 bits per heavy atom. The molecule has 1 aromatic rings. The van der Waals surface area contributed by atoms with Gasteiger partial charge in [-0.25, -0.2) is 4.98 Å². The summed E-state index contributed by atoms with van der Waals surface area (Å²) in [7, 11) is 0. The van der Waals surface area contributed by atoms with Gasteiger partial charge in [-0.05, 0) is 12.3 Å². The minimum absolute atomic E-state index is 0.0385. The lowest BCUT2D eigenvalue weighted by Crippen LogP contribution is -2.57. The van der Waals surface area contributed by atoms with E-state index in [9.17, 15) is 24.0 Å². The third-order valence-corrected chi connectivity index (χ3v) is 4.87. The molecule has 3 amide bonds. The first-order valence-electron chi connectivity index (χ1n) is 10.1. The molecule has 0 spiro atoms. The van der Waals surface area contributed by atoms with Crippen LogP contribution in [0.4, 0.5) is 0 Å². The zero-order valence-electron chi connectivity index (χ0n) is 18.0. The van der Waals surface area contributed by atoms with Crippen LogP contribution in [0.25, 0.3) is 0 Å². The van der Waals surface area contributed by atoms with Gasteiger partial charge in [0.25, 0.3) is 0 Å². The molecule has 13 nitrogen and oxygen atoms in total. The van der Waals surface area contributed by atoms with E-state index in [0.29, 0.717) is 12.1 Å². The van der Waals surface area contributed by atoms with Crippen molar-refractivity contribution in [3.05, 3.63) is 18.2 Å². The lowest BCUT2D eigenvalue weighted by atomic mass is 9.98. The van der Waals surface area contributed by atoms with Crippen LogP contribution >= 0.6 is 0 Å². The number of aromatic amines is 1. The van der Waals surface area contributed by atoms with Crippen molar-refractivity contribution < 1.29 is 34.2 Å². The number of nitrogens with two attached hydrogens (primary N) is 1. The maximum Gasteiger partial charge on any atom is 0.322 e. The van der Waals surface area contributed by atoms with Crippen molar-refractivity contribution in [2.75, 3.05) is 6.54 Å². The van der Waals surface area contributed by atoms with E-state index in [0.717, 1.165) is 0 Å². The Morgan fingerprint density at radius 3 is 2.25 bits per heavy atom. The van der Waals surface area contributed by atoms with Crippen molar-refractivity contribution in [3.8, 4) is 0 Å². The maximum absolute atomic E-state index is 12.9. The highest BCUT2D eigenvalue weighted by molar-refractivity contribution is 5.94. The molecule has 1 aromatic heterocycles. The summed E-state index contributed by atoms with van der Waals surface area (Å²) in [6, 6.07) is -3.36. The van der Waals surface area contributed by atoms with E-state index < -0.39 is 60.8 Å². The van der Waals surface area contributed by atoms with Crippen molar-refractivity contribution >= 4 is 29.7 Å². The predicted octanol–water partition coefficient (Wildman–Crippen LogP) is -1.64. The number of nitrogens with one attached hydrogen (secondary N) is 4. The molecule has 1 rings (SSSR count). The van der Waals surface area contributed by atoms with Crippen LogP contribution < -0.4 is 21.7 Å². The van der Waals surface area contributed by atoms with Gasteiger partial charge in [0.1, 0.15) is 18.6 Å². The van der Waals surface area contributed by atoms with E-state index in [1.54, 1.807) is 6.92 Å². The van der Waals surface area contributed by atoms with Gasteiger partial charge in [-0.1, -0.05) is 20.3 Å². The van der Waals surface area contributed by atoms with Crippen LogP contribution in [0.15, 0.2) is 12.5 Å². The molecule has 4 atom stereocenters. The summed E-state index contributed by atoms with van der Waals surface area (Å²) in [5, 5.41) is 24.8. The molecule has 0 saturated carbocycles. The van der Waals surface area contributed by atoms with Crippen LogP contribution in [-0.2, 0) is 30.4 Å². The second kappa shape index (κ2) is 13.0. The number of nitrogens with zero attached hydrogens (tertiary/aromatic N) is 1. The van der Waals surface area contributed by atoms with E-state index in [2.05, 4.69) is 25.9 Å². The standard InChI is InChI=1S/C19H30N6O7/c1-3-10(2)16(20)19(32)24-12(4-5-14(26)27)18(31)25-13(6-11-7-21-9-23-11)17(30)22-8-15(28)29/h7,9-10,12-13,16H,3-6,8,20H2,1-2H3,(H,21,23)(H,22,30)(H,24,32)(H,25,31)(H,26,27)(H,28,29). The highest BCUT2D eigenvalue weighted by Crippen LogP contribution is 2.08. The van der Waals surface area contributed by atoms with Crippen LogP contribution in [0.3, 0.4) is 0 Å². The molecule has 0 aliphatic rings. The average Bonchev–Trinajstić information content (AvgIpc) is 3.25. The van der Waals surface area contributed by atoms with Gasteiger partial charge < -0.3 is 36.9 Å². The van der Waals surface area contributed by atoms with E-state index in [1.165, 1.54) is 12.5 Å². The Kier molecular flexibility index (Phi) is 10.8. The number of carbonyl (C=O) groups excluding carboxylic acids is 3. The molecule has 4 unspecified atom stereocenters. The van der Waals surface area contributed by atoms with Gasteiger partial charge >= 0.3 is 11.9 Å². The number of aromatic nitrogens is 2. The number of carboxylic acid groups (broad SMARTS) is 2. The molecule has 0 fully saturated rings. The van der Waals surface area contributed by atoms with Crippen LogP contribution in [-0.4, -0.2) is 74.5 Å². The molecule has 0 aliphatic carbocycles. The van der Waals surface area contributed by atoms with E-state index in [-0.39, 0.29) is 18.8 Å².